The van der Waals surface area contributed by atoms with Crippen molar-refractivity contribution in [1.82, 2.24) is 0 Å². The van der Waals surface area contributed by atoms with Crippen molar-refractivity contribution in [1.29, 1.82) is 0 Å². The van der Waals surface area contributed by atoms with Gasteiger partial charge in [0.2, 0.25) is 0 Å². The second kappa shape index (κ2) is 6.66. The molecular formula is C16H17BrO3. The number of halogens is 1. The van der Waals surface area contributed by atoms with Crippen LogP contribution in [0.2, 0.25) is 0 Å². The molecule has 106 valence electrons. The van der Waals surface area contributed by atoms with E-state index in [4.69, 9.17) is 14.2 Å². The zero-order chi connectivity index (χ0) is 14.5. The van der Waals surface area contributed by atoms with Crippen LogP contribution >= 0.6 is 15.9 Å². The Kier molecular flexibility index (Phi) is 4.90. The molecule has 2 rings (SSSR count). The molecule has 0 radical (unpaired) electrons. The monoisotopic (exact) mass is 336 g/mol. The summed E-state index contributed by atoms with van der Waals surface area (Å²) in [5.74, 6) is 2.44. The number of hydrogen-bond donors (Lipinski definition) is 0. The minimum absolute atomic E-state index is 0.00245. The molecule has 0 N–H and O–H groups in total. The van der Waals surface area contributed by atoms with Crippen LogP contribution in [0.25, 0.3) is 0 Å². The van der Waals surface area contributed by atoms with Gasteiger partial charge in [0.15, 0.2) is 0 Å². The van der Waals surface area contributed by atoms with Gasteiger partial charge in [-0.3, -0.25) is 0 Å². The molecule has 0 spiro atoms. The average molecular weight is 337 g/mol. The van der Waals surface area contributed by atoms with Crippen LogP contribution in [-0.4, -0.2) is 21.3 Å². The molecule has 1 unspecified atom stereocenters. The summed E-state index contributed by atoms with van der Waals surface area (Å²) in [5, 5.41) is 0. The minimum atomic E-state index is 0.00245. The average Bonchev–Trinajstić information content (AvgIpc) is 2.53. The molecule has 0 aliphatic carbocycles. The van der Waals surface area contributed by atoms with E-state index in [1.165, 1.54) is 0 Å². The van der Waals surface area contributed by atoms with Gasteiger partial charge in [-0.2, -0.15) is 0 Å². The van der Waals surface area contributed by atoms with E-state index in [-0.39, 0.29) is 4.83 Å². The molecule has 0 amide bonds. The Morgan fingerprint density at radius 2 is 1.55 bits per heavy atom. The molecule has 0 saturated carbocycles. The van der Waals surface area contributed by atoms with E-state index < -0.39 is 0 Å². The highest BCUT2D eigenvalue weighted by molar-refractivity contribution is 9.09. The van der Waals surface area contributed by atoms with Crippen molar-refractivity contribution in [2.45, 2.75) is 4.83 Å². The number of benzene rings is 2. The topological polar surface area (TPSA) is 27.7 Å². The molecule has 2 aromatic rings. The lowest BCUT2D eigenvalue weighted by atomic mass is 10.0. The van der Waals surface area contributed by atoms with Gasteiger partial charge in [-0.1, -0.05) is 28.1 Å². The lowest BCUT2D eigenvalue weighted by Crippen LogP contribution is -1.98. The van der Waals surface area contributed by atoms with E-state index in [9.17, 15) is 0 Å². The van der Waals surface area contributed by atoms with Crippen molar-refractivity contribution >= 4 is 15.9 Å². The number of methoxy groups -OCH3 is 3. The van der Waals surface area contributed by atoms with E-state index in [1.807, 2.05) is 42.5 Å². The summed E-state index contributed by atoms with van der Waals surface area (Å²) in [4.78, 5) is 0.00245. The fourth-order valence-electron chi connectivity index (χ4n) is 2.02. The Morgan fingerprint density at radius 1 is 0.850 bits per heavy atom. The molecule has 0 heterocycles. The first-order valence-electron chi connectivity index (χ1n) is 6.19. The van der Waals surface area contributed by atoms with Crippen LogP contribution < -0.4 is 14.2 Å². The van der Waals surface area contributed by atoms with Gasteiger partial charge in [-0.05, 0) is 35.9 Å². The van der Waals surface area contributed by atoms with Gasteiger partial charge in [0.05, 0.1) is 26.2 Å². The molecule has 1 atom stereocenters. The van der Waals surface area contributed by atoms with Crippen molar-refractivity contribution < 1.29 is 14.2 Å². The predicted molar refractivity (Wildman–Crippen MR) is 83.3 cm³/mol. The number of hydrogen-bond acceptors (Lipinski definition) is 3. The van der Waals surface area contributed by atoms with Gasteiger partial charge in [-0.25, -0.2) is 0 Å². The molecule has 4 heteroatoms. The van der Waals surface area contributed by atoms with Gasteiger partial charge >= 0.3 is 0 Å². The van der Waals surface area contributed by atoms with Gasteiger partial charge < -0.3 is 14.2 Å². The molecule has 2 aromatic carbocycles. The maximum absolute atomic E-state index is 5.43. The first-order valence-corrected chi connectivity index (χ1v) is 7.11. The highest BCUT2D eigenvalue weighted by Gasteiger charge is 2.16. The fraction of sp³-hybridized carbons (Fsp3) is 0.250. The number of ether oxygens (including phenoxy) is 3. The summed E-state index contributed by atoms with van der Waals surface area (Å²) in [7, 11) is 4.98. The van der Waals surface area contributed by atoms with Gasteiger partial charge in [-0.15, -0.1) is 0 Å². The van der Waals surface area contributed by atoms with Crippen LogP contribution in [0.5, 0.6) is 17.2 Å². The summed E-state index contributed by atoms with van der Waals surface area (Å²) in [6.45, 7) is 0. The third kappa shape index (κ3) is 3.07. The smallest absolute Gasteiger partial charge is 0.123 e. The normalized spacial score (nSPS) is 11.8. The Balaban J connectivity index is 2.42. The van der Waals surface area contributed by atoms with Gasteiger partial charge in [0.1, 0.15) is 17.2 Å². The maximum atomic E-state index is 5.43. The summed E-state index contributed by atoms with van der Waals surface area (Å²) >= 11 is 3.72. The van der Waals surface area contributed by atoms with E-state index in [0.29, 0.717) is 0 Å². The van der Waals surface area contributed by atoms with Crippen LogP contribution in [0, 0.1) is 0 Å². The van der Waals surface area contributed by atoms with Gasteiger partial charge in [0.25, 0.3) is 0 Å². The summed E-state index contributed by atoms with van der Waals surface area (Å²) in [6.07, 6.45) is 0. The van der Waals surface area contributed by atoms with Crippen molar-refractivity contribution in [3.05, 3.63) is 53.6 Å². The molecule has 0 bridgehead atoms. The van der Waals surface area contributed by atoms with E-state index >= 15 is 0 Å². The Morgan fingerprint density at radius 3 is 2.20 bits per heavy atom. The first-order chi connectivity index (χ1) is 9.69. The molecule has 0 fully saturated rings. The fourth-order valence-corrected chi connectivity index (χ4v) is 2.66. The first kappa shape index (κ1) is 14.7. The lowest BCUT2D eigenvalue weighted by molar-refractivity contribution is 0.399. The van der Waals surface area contributed by atoms with E-state index in [2.05, 4.69) is 15.9 Å². The molecule has 3 nitrogen and oxygen atoms in total. The Labute approximate surface area is 127 Å². The predicted octanol–water partition coefficient (Wildman–Crippen LogP) is 4.20. The lowest BCUT2D eigenvalue weighted by Gasteiger charge is -2.16. The second-order valence-corrected chi connectivity index (χ2v) is 5.16. The van der Waals surface area contributed by atoms with Crippen molar-refractivity contribution in [3.63, 3.8) is 0 Å². The molecule has 20 heavy (non-hydrogen) atoms. The number of alkyl halides is 1. The summed E-state index contributed by atoms with van der Waals surface area (Å²) in [6, 6.07) is 13.7. The zero-order valence-electron chi connectivity index (χ0n) is 11.7. The second-order valence-electron chi connectivity index (χ2n) is 4.25. The third-order valence-corrected chi connectivity index (χ3v) is 4.12. The largest absolute Gasteiger partial charge is 0.497 e. The van der Waals surface area contributed by atoms with Gasteiger partial charge in [0, 0.05) is 5.56 Å². The van der Waals surface area contributed by atoms with Crippen molar-refractivity contribution in [2.24, 2.45) is 0 Å². The summed E-state index contributed by atoms with van der Waals surface area (Å²) < 4.78 is 16.0. The molecular weight excluding hydrogens is 320 g/mol. The highest BCUT2D eigenvalue weighted by Crippen LogP contribution is 2.39. The summed E-state index contributed by atoms with van der Waals surface area (Å²) in [5.41, 5.74) is 2.11. The van der Waals surface area contributed by atoms with Crippen LogP contribution in [0.15, 0.2) is 42.5 Å². The van der Waals surface area contributed by atoms with Crippen LogP contribution in [0.3, 0.4) is 0 Å². The molecule has 0 saturated heterocycles. The molecule has 0 aliphatic heterocycles. The van der Waals surface area contributed by atoms with Crippen LogP contribution in [0.1, 0.15) is 16.0 Å². The van der Waals surface area contributed by atoms with Crippen molar-refractivity contribution in [2.75, 3.05) is 21.3 Å². The highest BCUT2D eigenvalue weighted by atomic mass is 79.9. The molecule has 0 aliphatic rings. The third-order valence-electron chi connectivity index (χ3n) is 3.10. The van der Waals surface area contributed by atoms with Crippen molar-refractivity contribution in [3.8, 4) is 17.2 Å². The Hall–Kier alpha value is -1.68. The van der Waals surface area contributed by atoms with Crippen LogP contribution in [0.4, 0.5) is 0 Å². The quantitative estimate of drug-likeness (QED) is 0.766. The Bertz CT molecular complexity index is 584. The van der Waals surface area contributed by atoms with E-state index in [0.717, 1.165) is 28.4 Å². The molecule has 0 aromatic heterocycles. The number of rotatable bonds is 5. The minimum Gasteiger partial charge on any atom is -0.497 e. The van der Waals surface area contributed by atoms with E-state index in [1.54, 1.807) is 21.3 Å². The zero-order valence-corrected chi connectivity index (χ0v) is 13.3. The standard InChI is InChI=1S/C16H17BrO3/c1-18-12-6-4-5-11(9-12)16(17)14-10-13(19-2)7-8-15(14)20-3/h4-10,16H,1-3H3. The van der Waals surface area contributed by atoms with Crippen LogP contribution in [-0.2, 0) is 0 Å². The SMILES string of the molecule is COc1cccc(C(Br)c2cc(OC)ccc2OC)c1. The maximum Gasteiger partial charge on any atom is 0.123 e.